The van der Waals surface area contributed by atoms with E-state index in [-0.39, 0.29) is 5.28 Å². The Morgan fingerprint density at radius 2 is 1.74 bits per heavy atom. The number of hydrogen-bond acceptors (Lipinski definition) is 3. The van der Waals surface area contributed by atoms with Crippen molar-refractivity contribution in [3.63, 3.8) is 0 Å². The molecule has 0 radical (unpaired) electrons. The van der Waals surface area contributed by atoms with Crippen LogP contribution in [0.25, 0.3) is 11.2 Å². The van der Waals surface area contributed by atoms with Crippen LogP contribution >= 0.6 is 34.8 Å². The number of hydrogen-bond donors (Lipinski definition) is 0. The van der Waals surface area contributed by atoms with E-state index in [2.05, 4.69) is 19.5 Å². The van der Waals surface area contributed by atoms with Crippen molar-refractivity contribution in [1.29, 1.82) is 0 Å². The number of nitrogens with zero attached hydrogens (tertiary/aromatic N) is 4. The molecule has 2 heterocycles. The zero-order chi connectivity index (χ0) is 13.8. The summed E-state index contributed by atoms with van der Waals surface area (Å²) in [6, 6.07) is 0. The van der Waals surface area contributed by atoms with Gasteiger partial charge >= 0.3 is 0 Å². The van der Waals surface area contributed by atoms with Crippen molar-refractivity contribution in [3.8, 4) is 0 Å². The monoisotopic (exact) mass is 320 g/mol. The highest BCUT2D eigenvalue weighted by Crippen LogP contribution is 2.23. The third-order valence-electron chi connectivity index (χ3n) is 2.99. The summed E-state index contributed by atoms with van der Waals surface area (Å²) in [6.45, 7) is 2.79. The summed E-state index contributed by atoms with van der Waals surface area (Å²) >= 11 is 17.6. The first-order chi connectivity index (χ1) is 9.13. The van der Waals surface area contributed by atoms with E-state index in [4.69, 9.17) is 34.8 Å². The van der Waals surface area contributed by atoms with Crippen molar-refractivity contribution in [3.05, 3.63) is 16.3 Å². The highest BCUT2D eigenvalue weighted by atomic mass is 35.5. The van der Waals surface area contributed by atoms with E-state index in [0.29, 0.717) is 10.8 Å². The molecule has 19 heavy (non-hydrogen) atoms. The quantitative estimate of drug-likeness (QED) is 0.346. The van der Waals surface area contributed by atoms with Crippen molar-refractivity contribution >= 4 is 46.0 Å². The molecule has 0 bridgehead atoms. The van der Waals surface area contributed by atoms with E-state index in [1.165, 1.54) is 0 Å². The van der Waals surface area contributed by atoms with Crippen LogP contribution < -0.4 is 0 Å². The second-order valence-corrected chi connectivity index (χ2v) is 5.44. The van der Waals surface area contributed by atoms with Crippen molar-refractivity contribution in [2.45, 2.75) is 39.2 Å². The maximum absolute atomic E-state index is 6.13. The van der Waals surface area contributed by atoms with Gasteiger partial charge in [0.2, 0.25) is 5.28 Å². The molecule has 104 valence electrons. The zero-order valence-corrected chi connectivity index (χ0v) is 12.9. The number of alkyl halides is 1. The van der Waals surface area contributed by atoms with Gasteiger partial charge in [-0.3, -0.25) is 0 Å². The molecule has 0 fully saturated rings. The number of aryl methyl sites for hydroxylation is 2. The van der Waals surface area contributed by atoms with E-state index < -0.39 is 0 Å². The van der Waals surface area contributed by atoms with Crippen molar-refractivity contribution < 1.29 is 0 Å². The third kappa shape index (κ3) is 3.50. The second-order valence-electron chi connectivity index (χ2n) is 4.37. The van der Waals surface area contributed by atoms with E-state index >= 15 is 0 Å². The molecule has 0 saturated heterocycles. The Bertz CT molecular complexity index is 568. The Kier molecular flexibility index (Phi) is 5.25. The van der Waals surface area contributed by atoms with Gasteiger partial charge in [-0.15, -0.1) is 11.6 Å². The van der Waals surface area contributed by atoms with Gasteiger partial charge < -0.3 is 4.57 Å². The summed E-state index contributed by atoms with van der Waals surface area (Å²) in [5.74, 6) is 1.61. The molecule has 0 spiro atoms. The van der Waals surface area contributed by atoms with E-state index in [9.17, 15) is 0 Å². The van der Waals surface area contributed by atoms with Gasteiger partial charge in [0, 0.05) is 12.4 Å². The summed E-state index contributed by atoms with van der Waals surface area (Å²) in [7, 11) is 0. The molecule has 2 aromatic rings. The molecule has 0 aliphatic heterocycles. The molecule has 0 atom stereocenters. The van der Waals surface area contributed by atoms with Crippen LogP contribution in [-0.4, -0.2) is 25.4 Å². The molecule has 0 aromatic carbocycles. The predicted octanol–water partition coefficient (Wildman–Crippen LogP) is 4.24. The minimum atomic E-state index is 0.129. The van der Waals surface area contributed by atoms with Crippen LogP contribution in [0, 0.1) is 6.92 Å². The van der Waals surface area contributed by atoms with E-state index in [1.807, 2.05) is 6.92 Å². The first kappa shape index (κ1) is 14.8. The van der Waals surface area contributed by atoms with Gasteiger partial charge in [-0.1, -0.05) is 24.4 Å². The van der Waals surface area contributed by atoms with Gasteiger partial charge in [0.1, 0.15) is 11.3 Å². The highest BCUT2D eigenvalue weighted by Gasteiger charge is 2.14. The molecule has 0 aliphatic carbocycles. The standard InChI is InChI=1S/C12H15Cl3N4/c1-8-16-11-9(10(14)17-12(15)18-11)19(8)7-5-3-2-4-6-13/h2-7H2,1H3. The summed E-state index contributed by atoms with van der Waals surface area (Å²) in [5, 5.41) is 0.487. The van der Waals surface area contributed by atoms with Gasteiger partial charge in [0.05, 0.1) is 0 Å². The molecule has 2 aromatic heterocycles. The smallest absolute Gasteiger partial charge is 0.225 e. The summed E-state index contributed by atoms with van der Waals surface area (Å²) in [5.41, 5.74) is 1.32. The molecule has 4 nitrogen and oxygen atoms in total. The number of rotatable bonds is 6. The van der Waals surface area contributed by atoms with Crippen LogP contribution in [0.4, 0.5) is 0 Å². The lowest BCUT2D eigenvalue weighted by Crippen LogP contribution is -2.01. The Labute approximate surface area is 127 Å². The maximum atomic E-state index is 6.13. The minimum absolute atomic E-state index is 0.129. The van der Waals surface area contributed by atoms with Crippen molar-refractivity contribution in [2.24, 2.45) is 0 Å². The minimum Gasteiger partial charge on any atom is -0.324 e. The Morgan fingerprint density at radius 3 is 2.47 bits per heavy atom. The normalized spacial score (nSPS) is 11.4. The molecule has 2 rings (SSSR count). The topological polar surface area (TPSA) is 43.6 Å². The van der Waals surface area contributed by atoms with Crippen molar-refractivity contribution in [2.75, 3.05) is 5.88 Å². The lowest BCUT2D eigenvalue weighted by atomic mass is 10.2. The van der Waals surface area contributed by atoms with Crippen molar-refractivity contribution in [1.82, 2.24) is 19.5 Å². The fraction of sp³-hybridized carbons (Fsp3) is 0.583. The van der Waals surface area contributed by atoms with Gasteiger partial charge in [0.25, 0.3) is 0 Å². The molecule has 7 heteroatoms. The van der Waals surface area contributed by atoms with E-state index in [0.717, 1.165) is 49.4 Å². The Hall–Kier alpha value is -0.580. The fourth-order valence-corrected chi connectivity index (χ4v) is 2.73. The molecule has 0 unspecified atom stereocenters. The van der Waals surface area contributed by atoms with Gasteiger partial charge in [-0.25, -0.2) is 9.97 Å². The summed E-state index contributed by atoms with van der Waals surface area (Å²) < 4.78 is 2.05. The van der Waals surface area contributed by atoms with Crippen LogP contribution in [0.5, 0.6) is 0 Å². The van der Waals surface area contributed by atoms with Gasteiger partial charge in [-0.2, -0.15) is 4.98 Å². The number of aromatic nitrogens is 4. The van der Waals surface area contributed by atoms with E-state index in [1.54, 1.807) is 0 Å². The van der Waals surface area contributed by atoms with Crippen LogP contribution in [0.1, 0.15) is 31.5 Å². The molecular weight excluding hydrogens is 307 g/mol. The Morgan fingerprint density at radius 1 is 1.00 bits per heavy atom. The van der Waals surface area contributed by atoms with Gasteiger partial charge in [-0.05, 0) is 31.4 Å². The third-order valence-corrected chi connectivity index (χ3v) is 3.69. The molecule has 0 saturated carbocycles. The average Bonchev–Trinajstić information content (AvgIpc) is 2.65. The largest absolute Gasteiger partial charge is 0.324 e. The van der Waals surface area contributed by atoms with Crippen LogP contribution in [0.2, 0.25) is 10.4 Å². The second kappa shape index (κ2) is 6.73. The Balaban J connectivity index is 2.16. The summed E-state index contributed by atoms with van der Waals surface area (Å²) in [6.07, 6.45) is 4.40. The van der Waals surface area contributed by atoms with Crippen LogP contribution in [0.3, 0.4) is 0 Å². The number of halogens is 3. The molecule has 0 amide bonds. The molecule has 0 aliphatic rings. The first-order valence-corrected chi connectivity index (χ1v) is 7.54. The average molecular weight is 322 g/mol. The first-order valence-electron chi connectivity index (χ1n) is 6.25. The fourth-order valence-electron chi connectivity index (χ4n) is 2.07. The van der Waals surface area contributed by atoms with Crippen LogP contribution in [-0.2, 0) is 6.54 Å². The molecule has 0 N–H and O–H groups in total. The van der Waals surface area contributed by atoms with Gasteiger partial charge in [0.15, 0.2) is 10.8 Å². The summed E-state index contributed by atoms with van der Waals surface area (Å²) in [4.78, 5) is 12.4. The number of fused-ring (bicyclic) bond motifs is 1. The highest BCUT2D eigenvalue weighted by molar-refractivity contribution is 6.35. The predicted molar refractivity (Wildman–Crippen MR) is 79.3 cm³/mol. The number of imidazole rings is 1. The SMILES string of the molecule is Cc1nc2nc(Cl)nc(Cl)c2n1CCCCCCCl. The lowest BCUT2D eigenvalue weighted by Gasteiger charge is -2.07. The van der Waals surface area contributed by atoms with Crippen LogP contribution in [0.15, 0.2) is 0 Å². The molecular formula is C12H15Cl3N4. The lowest BCUT2D eigenvalue weighted by molar-refractivity contribution is 0.583. The zero-order valence-electron chi connectivity index (χ0n) is 10.7. The maximum Gasteiger partial charge on any atom is 0.225 e. The number of unbranched alkanes of at least 4 members (excludes halogenated alkanes) is 3.